The first-order valence-electron chi connectivity index (χ1n) is 6.18. The third-order valence-electron chi connectivity index (χ3n) is 3.40. The van der Waals surface area contributed by atoms with Crippen molar-refractivity contribution in [1.29, 1.82) is 5.26 Å². The molecule has 1 aliphatic rings. The quantitative estimate of drug-likeness (QED) is 0.603. The summed E-state index contributed by atoms with van der Waals surface area (Å²) in [6.45, 7) is 4.34. The number of piperazine rings is 1. The van der Waals surface area contributed by atoms with Crippen LogP contribution in [0.4, 0.5) is 5.69 Å². The fourth-order valence-electron chi connectivity index (χ4n) is 2.18. The van der Waals surface area contributed by atoms with Crippen molar-refractivity contribution < 1.29 is 4.92 Å². The molecule has 0 atom stereocenters. The lowest BCUT2D eigenvalue weighted by Gasteiger charge is -2.32. The van der Waals surface area contributed by atoms with E-state index < -0.39 is 4.92 Å². The van der Waals surface area contributed by atoms with Crippen molar-refractivity contribution in [1.82, 2.24) is 9.80 Å². The lowest BCUT2D eigenvalue weighted by atomic mass is 10.1. The predicted molar refractivity (Wildman–Crippen MR) is 70.6 cm³/mol. The number of hydrogen-bond acceptors (Lipinski definition) is 5. The number of likely N-dealkylation sites (N-methyl/N-ethyl adjacent to an activating group) is 1. The molecule has 1 aromatic rings. The van der Waals surface area contributed by atoms with Crippen molar-refractivity contribution in [3.63, 3.8) is 0 Å². The molecule has 1 aromatic carbocycles. The van der Waals surface area contributed by atoms with E-state index in [0.29, 0.717) is 17.7 Å². The Morgan fingerprint density at radius 1 is 1.37 bits per heavy atom. The van der Waals surface area contributed by atoms with Crippen LogP contribution in [0.1, 0.15) is 11.1 Å². The number of hydrogen-bond donors (Lipinski definition) is 0. The molecule has 1 fully saturated rings. The van der Waals surface area contributed by atoms with E-state index in [2.05, 4.69) is 16.8 Å². The van der Waals surface area contributed by atoms with E-state index in [0.717, 1.165) is 26.2 Å². The maximum absolute atomic E-state index is 11.1. The summed E-state index contributed by atoms with van der Waals surface area (Å²) in [5, 5.41) is 19.8. The highest BCUT2D eigenvalue weighted by atomic mass is 16.6. The molecule has 19 heavy (non-hydrogen) atoms. The maximum atomic E-state index is 11.1. The van der Waals surface area contributed by atoms with Gasteiger partial charge in [0.1, 0.15) is 0 Å². The first kappa shape index (κ1) is 13.5. The molecule has 0 unspecified atom stereocenters. The second-order valence-electron chi connectivity index (χ2n) is 4.79. The van der Waals surface area contributed by atoms with E-state index in [1.54, 1.807) is 12.1 Å². The number of benzene rings is 1. The van der Waals surface area contributed by atoms with Crippen molar-refractivity contribution in [2.24, 2.45) is 0 Å². The van der Waals surface area contributed by atoms with E-state index in [1.165, 1.54) is 6.07 Å². The average molecular weight is 260 g/mol. The number of nitrogens with zero attached hydrogens (tertiary/aromatic N) is 4. The van der Waals surface area contributed by atoms with Gasteiger partial charge in [0.15, 0.2) is 0 Å². The summed E-state index contributed by atoms with van der Waals surface area (Å²) in [5.41, 5.74) is 1.04. The molecule has 1 aliphatic heterocycles. The molecule has 6 heteroatoms. The predicted octanol–water partition coefficient (Wildman–Crippen LogP) is 1.21. The molecule has 1 saturated heterocycles. The topological polar surface area (TPSA) is 73.4 Å². The van der Waals surface area contributed by atoms with Crippen molar-refractivity contribution >= 4 is 5.69 Å². The van der Waals surface area contributed by atoms with Crippen LogP contribution in [-0.2, 0) is 6.54 Å². The van der Waals surface area contributed by atoms with Crippen LogP contribution in [0.2, 0.25) is 0 Å². The Balaban J connectivity index is 2.16. The Bertz CT molecular complexity index is 516. The summed E-state index contributed by atoms with van der Waals surface area (Å²) >= 11 is 0. The van der Waals surface area contributed by atoms with E-state index in [9.17, 15) is 10.1 Å². The Kier molecular flexibility index (Phi) is 4.10. The van der Waals surface area contributed by atoms with Crippen LogP contribution in [0.5, 0.6) is 0 Å². The second-order valence-corrected chi connectivity index (χ2v) is 4.79. The molecule has 0 radical (unpaired) electrons. The minimum Gasteiger partial charge on any atom is -0.304 e. The van der Waals surface area contributed by atoms with Crippen LogP contribution in [0.3, 0.4) is 0 Å². The summed E-state index contributed by atoms with van der Waals surface area (Å²) in [5.74, 6) is 0. The van der Waals surface area contributed by atoms with Crippen LogP contribution in [0, 0.1) is 21.4 Å². The SMILES string of the molecule is CN1CCN(Cc2ccc(C#N)cc2[N+](=O)[O-])CC1. The number of nitriles is 1. The average Bonchev–Trinajstić information content (AvgIpc) is 2.41. The van der Waals surface area contributed by atoms with Gasteiger partial charge in [-0.1, -0.05) is 0 Å². The molecule has 0 spiro atoms. The summed E-state index contributed by atoms with van der Waals surface area (Å²) in [7, 11) is 2.07. The van der Waals surface area contributed by atoms with E-state index in [4.69, 9.17) is 5.26 Å². The number of rotatable bonds is 3. The number of nitro groups is 1. The van der Waals surface area contributed by atoms with E-state index in [-0.39, 0.29) is 5.69 Å². The van der Waals surface area contributed by atoms with Crippen LogP contribution in [0.15, 0.2) is 18.2 Å². The highest BCUT2D eigenvalue weighted by Crippen LogP contribution is 2.22. The van der Waals surface area contributed by atoms with Crippen LogP contribution in [0.25, 0.3) is 0 Å². The van der Waals surface area contributed by atoms with Gasteiger partial charge in [-0.2, -0.15) is 5.26 Å². The van der Waals surface area contributed by atoms with E-state index >= 15 is 0 Å². The molecular formula is C13H16N4O2. The van der Waals surface area contributed by atoms with Crippen molar-refractivity contribution in [3.8, 4) is 6.07 Å². The number of nitro benzene ring substituents is 1. The normalized spacial score (nSPS) is 17.1. The highest BCUT2D eigenvalue weighted by molar-refractivity contribution is 5.47. The smallest absolute Gasteiger partial charge is 0.275 e. The second kappa shape index (κ2) is 5.78. The Hall–Kier alpha value is -1.97. The summed E-state index contributed by atoms with van der Waals surface area (Å²) in [4.78, 5) is 15.1. The summed E-state index contributed by atoms with van der Waals surface area (Å²) in [6, 6.07) is 6.61. The largest absolute Gasteiger partial charge is 0.304 e. The van der Waals surface area contributed by atoms with Gasteiger partial charge in [0.2, 0.25) is 0 Å². The fourth-order valence-corrected chi connectivity index (χ4v) is 2.18. The monoisotopic (exact) mass is 260 g/mol. The molecule has 6 nitrogen and oxygen atoms in total. The highest BCUT2D eigenvalue weighted by Gasteiger charge is 2.19. The molecule has 0 aliphatic carbocycles. The molecule has 2 rings (SSSR count). The lowest BCUT2D eigenvalue weighted by molar-refractivity contribution is -0.385. The third-order valence-corrected chi connectivity index (χ3v) is 3.40. The first-order chi connectivity index (χ1) is 9.10. The van der Waals surface area contributed by atoms with Crippen LogP contribution in [-0.4, -0.2) is 47.9 Å². The lowest BCUT2D eigenvalue weighted by Crippen LogP contribution is -2.43. The van der Waals surface area contributed by atoms with Crippen molar-refractivity contribution in [2.75, 3.05) is 33.2 Å². The van der Waals surface area contributed by atoms with Gasteiger partial charge in [-0.05, 0) is 19.2 Å². The van der Waals surface area contributed by atoms with Crippen molar-refractivity contribution in [2.45, 2.75) is 6.54 Å². The molecule has 0 saturated carbocycles. The van der Waals surface area contributed by atoms with Gasteiger partial charge in [-0.15, -0.1) is 0 Å². The maximum Gasteiger partial charge on any atom is 0.275 e. The Morgan fingerprint density at radius 2 is 2.05 bits per heavy atom. The summed E-state index contributed by atoms with van der Waals surface area (Å²) in [6.07, 6.45) is 0. The standard InChI is InChI=1S/C13H16N4O2/c1-15-4-6-16(7-5-15)10-12-3-2-11(9-14)8-13(12)17(18)19/h2-3,8H,4-7,10H2,1H3. The molecule has 0 bridgehead atoms. The molecular weight excluding hydrogens is 244 g/mol. The van der Waals surface area contributed by atoms with E-state index in [1.807, 2.05) is 6.07 Å². The molecule has 1 heterocycles. The molecule has 0 amide bonds. The van der Waals surface area contributed by atoms with Crippen LogP contribution >= 0.6 is 0 Å². The van der Waals surface area contributed by atoms with Gasteiger partial charge in [-0.25, -0.2) is 0 Å². The third kappa shape index (κ3) is 3.28. The Labute approximate surface area is 112 Å². The zero-order valence-corrected chi connectivity index (χ0v) is 10.9. The first-order valence-corrected chi connectivity index (χ1v) is 6.18. The fraction of sp³-hybridized carbons (Fsp3) is 0.462. The van der Waals surface area contributed by atoms with Gasteiger partial charge >= 0.3 is 0 Å². The zero-order chi connectivity index (χ0) is 13.8. The van der Waals surface area contributed by atoms with Gasteiger partial charge in [0, 0.05) is 44.4 Å². The van der Waals surface area contributed by atoms with Crippen molar-refractivity contribution in [3.05, 3.63) is 39.4 Å². The molecule has 0 N–H and O–H groups in total. The van der Waals surface area contributed by atoms with Gasteiger partial charge in [0.05, 0.1) is 16.6 Å². The minimum atomic E-state index is -0.410. The Morgan fingerprint density at radius 3 is 2.63 bits per heavy atom. The van der Waals surface area contributed by atoms with Gasteiger partial charge in [-0.3, -0.25) is 15.0 Å². The zero-order valence-electron chi connectivity index (χ0n) is 10.9. The summed E-state index contributed by atoms with van der Waals surface area (Å²) < 4.78 is 0. The van der Waals surface area contributed by atoms with Gasteiger partial charge in [0.25, 0.3) is 5.69 Å². The minimum absolute atomic E-state index is 0.0398. The molecule has 0 aromatic heterocycles. The van der Waals surface area contributed by atoms with Gasteiger partial charge < -0.3 is 4.90 Å². The van der Waals surface area contributed by atoms with Crippen LogP contribution < -0.4 is 0 Å². The molecule has 100 valence electrons.